The highest BCUT2D eigenvalue weighted by molar-refractivity contribution is 14.1. The zero-order valence-electron chi connectivity index (χ0n) is 10.9. The number of halogens is 3. The molecule has 0 spiro atoms. The fraction of sp³-hybridized carbons (Fsp3) is 0.500. The van der Waals surface area contributed by atoms with Crippen LogP contribution in [0.25, 0.3) is 11.0 Å². The lowest BCUT2D eigenvalue weighted by Crippen LogP contribution is -2.13. The molecule has 1 saturated heterocycles. The van der Waals surface area contributed by atoms with Crippen LogP contribution in [0.3, 0.4) is 0 Å². The average molecular weight is 425 g/mol. The van der Waals surface area contributed by atoms with Crippen molar-refractivity contribution in [3.8, 4) is 0 Å². The number of fused-ring (bicyclic) bond motifs is 1. The standard InChI is InChI=1S/C14H15ClFIN2S/c15-3-1-14-18-12-6-11(17)10(16)5-13(12)19(14)7-9-2-4-20-8-9/h5-6,9H,1-4,7-8H2. The zero-order chi connectivity index (χ0) is 14.1. The summed E-state index contributed by atoms with van der Waals surface area (Å²) < 4.78 is 16.7. The first-order valence-electron chi connectivity index (χ1n) is 6.67. The van der Waals surface area contributed by atoms with Crippen molar-refractivity contribution in [1.29, 1.82) is 0 Å². The van der Waals surface area contributed by atoms with Crippen molar-refractivity contribution in [2.75, 3.05) is 17.4 Å². The number of imidazole rings is 1. The van der Waals surface area contributed by atoms with E-state index in [4.69, 9.17) is 11.6 Å². The summed E-state index contributed by atoms with van der Waals surface area (Å²) in [6.07, 6.45) is 1.96. The minimum atomic E-state index is -0.169. The largest absolute Gasteiger partial charge is 0.328 e. The van der Waals surface area contributed by atoms with Crippen LogP contribution in [-0.2, 0) is 13.0 Å². The Morgan fingerprint density at radius 3 is 3.05 bits per heavy atom. The van der Waals surface area contributed by atoms with Crippen molar-refractivity contribution in [3.63, 3.8) is 0 Å². The molecule has 0 N–H and O–H groups in total. The van der Waals surface area contributed by atoms with E-state index in [1.54, 1.807) is 6.07 Å². The van der Waals surface area contributed by atoms with Crippen molar-refractivity contribution < 1.29 is 4.39 Å². The molecule has 0 radical (unpaired) electrons. The van der Waals surface area contributed by atoms with Crippen molar-refractivity contribution in [1.82, 2.24) is 9.55 Å². The van der Waals surface area contributed by atoms with E-state index in [2.05, 4.69) is 9.55 Å². The molecule has 20 heavy (non-hydrogen) atoms. The molecular weight excluding hydrogens is 410 g/mol. The van der Waals surface area contributed by atoms with E-state index in [0.29, 0.717) is 15.4 Å². The van der Waals surface area contributed by atoms with Crippen LogP contribution in [0.1, 0.15) is 12.2 Å². The smallest absolute Gasteiger partial charge is 0.138 e. The summed E-state index contributed by atoms with van der Waals surface area (Å²) in [6.45, 7) is 0.926. The Hall–Kier alpha value is -0.0100. The van der Waals surface area contributed by atoms with Gasteiger partial charge in [0.05, 0.1) is 14.6 Å². The summed E-state index contributed by atoms with van der Waals surface area (Å²) >= 11 is 9.89. The van der Waals surface area contributed by atoms with Crippen LogP contribution >= 0.6 is 46.0 Å². The highest BCUT2D eigenvalue weighted by Crippen LogP contribution is 2.28. The van der Waals surface area contributed by atoms with Gasteiger partial charge in [0, 0.05) is 24.9 Å². The number of aromatic nitrogens is 2. The molecule has 0 saturated carbocycles. The number of thioether (sulfide) groups is 1. The van der Waals surface area contributed by atoms with Gasteiger partial charge in [-0.05, 0) is 52.5 Å². The number of rotatable bonds is 4. The molecule has 1 aromatic heterocycles. The van der Waals surface area contributed by atoms with E-state index < -0.39 is 0 Å². The van der Waals surface area contributed by atoms with E-state index in [-0.39, 0.29) is 5.82 Å². The van der Waals surface area contributed by atoms with E-state index >= 15 is 0 Å². The van der Waals surface area contributed by atoms with Gasteiger partial charge in [-0.3, -0.25) is 0 Å². The molecular formula is C14H15ClFIN2S. The number of alkyl halides is 1. The van der Waals surface area contributed by atoms with E-state index in [0.717, 1.165) is 29.8 Å². The highest BCUT2D eigenvalue weighted by Gasteiger charge is 2.20. The fourth-order valence-electron chi connectivity index (χ4n) is 2.63. The van der Waals surface area contributed by atoms with Crippen LogP contribution < -0.4 is 0 Å². The maximum Gasteiger partial charge on any atom is 0.138 e. The van der Waals surface area contributed by atoms with Crippen LogP contribution in [0.4, 0.5) is 4.39 Å². The molecule has 2 nitrogen and oxygen atoms in total. The topological polar surface area (TPSA) is 17.8 Å². The molecule has 0 aliphatic carbocycles. The fourth-order valence-corrected chi connectivity index (χ4v) is 4.53. The van der Waals surface area contributed by atoms with Gasteiger partial charge in [0.2, 0.25) is 0 Å². The Morgan fingerprint density at radius 1 is 1.50 bits per heavy atom. The molecule has 1 atom stereocenters. The summed E-state index contributed by atoms with van der Waals surface area (Å²) in [5, 5.41) is 0. The predicted octanol–water partition coefficient (Wildman–Crippen LogP) is 4.31. The Bertz CT molecular complexity index is 625. The zero-order valence-corrected chi connectivity index (χ0v) is 14.6. The molecule has 1 aliphatic rings. The van der Waals surface area contributed by atoms with Gasteiger partial charge >= 0.3 is 0 Å². The molecule has 0 amide bonds. The Morgan fingerprint density at radius 2 is 2.35 bits per heavy atom. The Kier molecular flexibility index (Phi) is 4.77. The quantitative estimate of drug-likeness (QED) is 0.537. The first kappa shape index (κ1) is 14.9. The van der Waals surface area contributed by atoms with Crippen molar-refractivity contribution in [2.24, 2.45) is 5.92 Å². The minimum Gasteiger partial charge on any atom is -0.328 e. The number of nitrogens with zero attached hydrogens (tertiary/aromatic N) is 2. The molecule has 2 heterocycles. The molecule has 2 aromatic rings. The third kappa shape index (κ3) is 2.95. The number of hydrogen-bond acceptors (Lipinski definition) is 2. The summed E-state index contributed by atoms with van der Waals surface area (Å²) in [4.78, 5) is 4.65. The highest BCUT2D eigenvalue weighted by atomic mass is 127. The minimum absolute atomic E-state index is 0.169. The maximum absolute atomic E-state index is 13.9. The van der Waals surface area contributed by atoms with Gasteiger partial charge < -0.3 is 4.57 Å². The third-order valence-electron chi connectivity index (χ3n) is 3.65. The average Bonchev–Trinajstić information content (AvgIpc) is 3.02. The van der Waals surface area contributed by atoms with Gasteiger partial charge in [-0.1, -0.05) is 0 Å². The lowest BCUT2D eigenvalue weighted by Gasteiger charge is -2.13. The number of benzene rings is 1. The van der Waals surface area contributed by atoms with Crippen molar-refractivity contribution in [3.05, 3.63) is 27.3 Å². The van der Waals surface area contributed by atoms with Gasteiger partial charge in [-0.25, -0.2) is 9.37 Å². The monoisotopic (exact) mass is 424 g/mol. The first-order chi connectivity index (χ1) is 9.69. The second-order valence-corrected chi connectivity index (χ2v) is 7.75. The van der Waals surface area contributed by atoms with Gasteiger partial charge in [0.15, 0.2) is 0 Å². The summed E-state index contributed by atoms with van der Waals surface area (Å²) in [5.74, 6) is 4.43. The molecule has 1 aromatic carbocycles. The van der Waals surface area contributed by atoms with E-state index in [1.165, 1.54) is 17.9 Å². The summed E-state index contributed by atoms with van der Waals surface area (Å²) in [7, 11) is 0. The van der Waals surface area contributed by atoms with Crippen LogP contribution in [0.15, 0.2) is 12.1 Å². The Labute approximate surface area is 140 Å². The van der Waals surface area contributed by atoms with Crippen LogP contribution in [0.2, 0.25) is 0 Å². The Balaban J connectivity index is 2.04. The first-order valence-corrected chi connectivity index (χ1v) is 9.43. The van der Waals surface area contributed by atoms with Crippen molar-refractivity contribution in [2.45, 2.75) is 19.4 Å². The third-order valence-corrected chi connectivity index (χ3v) is 5.90. The van der Waals surface area contributed by atoms with Crippen LogP contribution in [0.5, 0.6) is 0 Å². The molecule has 0 bridgehead atoms. The van der Waals surface area contributed by atoms with Gasteiger partial charge in [0.1, 0.15) is 11.6 Å². The van der Waals surface area contributed by atoms with Crippen LogP contribution in [-0.4, -0.2) is 26.9 Å². The number of hydrogen-bond donors (Lipinski definition) is 0. The normalized spacial score (nSPS) is 19.1. The molecule has 1 unspecified atom stereocenters. The summed E-state index contributed by atoms with van der Waals surface area (Å²) in [5.41, 5.74) is 1.78. The molecule has 1 fully saturated rings. The second kappa shape index (κ2) is 6.40. The second-order valence-electron chi connectivity index (χ2n) is 5.06. The summed E-state index contributed by atoms with van der Waals surface area (Å²) in [6, 6.07) is 3.44. The molecule has 3 rings (SSSR count). The van der Waals surface area contributed by atoms with Gasteiger partial charge in [-0.15, -0.1) is 11.6 Å². The maximum atomic E-state index is 13.9. The van der Waals surface area contributed by atoms with Gasteiger partial charge in [-0.2, -0.15) is 11.8 Å². The molecule has 108 valence electrons. The SMILES string of the molecule is Fc1cc2c(cc1I)nc(CCCl)n2CC1CCSC1. The lowest BCUT2D eigenvalue weighted by molar-refractivity contribution is 0.489. The van der Waals surface area contributed by atoms with E-state index in [1.807, 2.05) is 40.4 Å². The molecule has 1 aliphatic heterocycles. The lowest BCUT2D eigenvalue weighted by atomic mass is 10.1. The van der Waals surface area contributed by atoms with Gasteiger partial charge in [0.25, 0.3) is 0 Å². The predicted molar refractivity (Wildman–Crippen MR) is 92.3 cm³/mol. The van der Waals surface area contributed by atoms with Crippen molar-refractivity contribution >= 4 is 57.0 Å². The number of aryl methyl sites for hydroxylation is 1. The van der Waals surface area contributed by atoms with Crippen LogP contribution in [0, 0.1) is 15.3 Å². The molecule has 6 heteroatoms. The van der Waals surface area contributed by atoms with E-state index in [9.17, 15) is 4.39 Å².